The van der Waals surface area contributed by atoms with Gasteiger partial charge in [-0.25, -0.2) is 0 Å². The zero-order valence-corrected chi connectivity index (χ0v) is 6.44. The molecule has 0 rings (SSSR count). The Morgan fingerprint density at radius 1 is 1.12 bits per heavy atom. The first kappa shape index (κ1) is 15.7. The molecule has 0 aromatic rings. The molecule has 0 bridgehead atoms. The van der Waals surface area contributed by atoms with Crippen LogP contribution in [-0.4, -0.2) is 19.6 Å². The fourth-order valence-electron chi connectivity index (χ4n) is 0. The number of aliphatic hydroxyl groups excluding tert-OH is 1. The zero-order valence-electron chi connectivity index (χ0n) is 6.44. The number of aliphatic hydroxyl groups is 1. The van der Waals surface area contributed by atoms with E-state index in [0.717, 1.165) is 0 Å². The molecule has 0 fully saturated rings. The predicted molar refractivity (Wildman–Crippen MR) is 40.3 cm³/mol. The first-order valence-corrected chi connectivity index (χ1v) is 3.01. The molecule has 0 unspecified atom stereocenters. The second kappa shape index (κ2) is 62.2. The topological polar surface area (TPSA) is 20.2 Å². The summed E-state index contributed by atoms with van der Waals surface area (Å²) in [6.07, 6.45) is 1.25. The van der Waals surface area contributed by atoms with Crippen LogP contribution in [0.5, 0.6) is 0 Å². The maximum Gasteiger partial charge on any atom is 0.0606 e. The molecule has 0 atom stereocenters. The van der Waals surface area contributed by atoms with Crippen molar-refractivity contribution < 1.29 is 5.11 Å². The lowest BCUT2D eigenvalue weighted by Gasteiger charge is -1.52. The van der Waals surface area contributed by atoms with Crippen molar-refractivity contribution in [3.63, 3.8) is 0 Å². The molecule has 0 aromatic carbocycles. The van der Waals surface area contributed by atoms with Crippen LogP contribution in [0.15, 0.2) is 0 Å². The second-order valence-corrected chi connectivity index (χ2v) is 1.02. The highest BCUT2D eigenvalue weighted by Crippen LogP contribution is 1.56. The molecular formula is C6H17BO. The average Bonchev–Trinajstić information content (AvgIpc) is 1.75. The second-order valence-electron chi connectivity index (χ2n) is 1.02. The lowest BCUT2D eigenvalue weighted by atomic mass is 10.2. The summed E-state index contributed by atoms with van der Waals surface area (Å²) in [7, 11) is 4.50. The number of hydrogen-bond acceptors (Lipinski definition) is 1. The first-order chi connectivity index (χ1) is 3.83. The number of hydrogen-bond donors (Lipinski definition) is 1. The maximum absolute atomic E-state index is 7.57. The smallest absolute Gasteiger partial charge is 0.0606 e. The largest absolute Gasteiger partial charge is 0.397 e. The summed E-state index contributed by atoms with van der Waals surface area (Å²) in [5.74, 6) is 0. The molecule has 0 spiro atoms. The van der Waals surface area contributed by atoms with Crippen molar-refractivity contribution in [3.8, 4) is 0 Å². The van der Waals surface area contributed by atoms with E-state index in [4.69, 9.17) is 5.11 Å². The highest BCUT2D eigenvalue weighted by atomic mass is 16.2. The Labute approximate surface area is 54.5 Å². The Morgan fingerprint density at radius 2 is 1.12 bits per heavy atom. The molecule has 0 aromatic heterocycles. The summed E-state index contributed by atoms with van der Waals surface area (Å²) in [4.78, 5) is 0. The van der Waals surface area contributed by atoms with E-state index in [1.807, 2.05) is 0 Å². The summed E-state index contributed by atoms with van der Waals surface area (Å²) in [6.45, 7) is 7.68. The summed E-state index contributed by atoms with van der Waals surface area (Å²) >= 11 is 0. The Balaban J connectivity index is -0.0000000483. The van der Waals surface area contributed by atoms with Gasteiger partial charge in [0.05, 0.1) is 7.85 Å². The van der Waals surface area contributed by atoms with Crippen LogP contribution in [0.2, 0.25) is 6.82 Å². The Hall–Kier alpha value is 0.0249. The van der Waals surface area contributed by atoms with Crippen molar-refractivity contribution in [1.82, 2.24) is 0 Å². The van der Waals surface area contributed by atoms with Crippen LogP contribution >= 0.6 is 0 Å². The fourth-order valence-corrected chi connectivity index (χ4v) is 0. The van der Waals surface area contributed by atoms with Crippen molar-refractivity contribution in [2.75, 3.05) is 6.61 Å². The molecule has 0 saturated carbocycles. The van der Waals surface area contributed by atoms with Crippen LogP contribution in [-0.2, 0) is 0 Å². The molecule has 50 valence electrons. The Morgan fingerprint density at radius 3 is 1.12 bits per heavy atom. The minimum Gasteiger partial charge on any atom is -0.397 e. The summed E-state index contributed by atoms with van der Waals surface area (Å²) in [6, 6.07) is 0. The van der Waals surface area contributed by atoms with Gasteiger partial charge < -0.3 is 5.11 Å². The maximum atomic E-state index is 7.57. The van der Waals surface area contributed by atoms with Crippen LogP contribution in [0.25, 0.3) is 0 Å². The van der Waals surface area contributed by atoms with Gasteiger partial charge in [-0.3, -0.25) is 0 Å². The van der Waals surface area contributed by atoms with Gasteiger partial charge in [0.1, 0.15) is 0 Å². The van der Waals surface area contributed by atoms with Crippen molar-refractivity contribution in [1.29, 1.82) is 0 Å². The van der Waals surface area contributed by atoms with Crippen LogP contribution in [0, 0.1) is 0 Å². The summed E-state index contributed by atoms with van der Waals surface area (Å²) in [5.41, 5.74) is 0. The molecule has 0 heterocycles. The summed E-state index contributed by atoms with van der Waals surface area (Å²) in [5, 5.41) is 7.57. The van der Waals surface area contributed by atoms with Gasteiger partial charge in [0.15, 0.2) is 0 Å². The molecule has 0 aliphatic heterocycles. The molecule has 0 amide bonds. The fraction of sp³-hybridized carbons (Fsp3) is 1.00. The van der Waals surface area contributed by atoms with Crippen LogP contribution in [0.3, 0.4) is 0 Å². The van der Waals surface area contributed by atoms with Gasteiger partial charge in [-0.15, -0.1) is 0 Å². The third kappa shape index (κ3) is 245000. The van der Waals surface area contributed by atoms with Gasteiger partial charge in [0, 0.05) is 6.61 Å². The van der Waals surface area contributed by atoms with E-state index >= 15 is 0 Å². The molecule has 1 nitrogen and oxygen atoms in total. The number of rotatable bonds is 0. The monoisotopic (exact) mass is 116 g/mol. The van der Waals surface area contributed by atoms with E-state index in [-0.39, 0.29) is 6.61 Å². The summed E-state index contributed by atoms with van der Waals surface area (Å²) < 4.78 is 0. The van der Waals surface area contributed by atoms with Crippen molar-refractivity contribution in [2.45, 2.75) is 34.0 Å². The van der Waals surface area contributed by atoms with E-state index in [1.165, 1.54) is 13.2 Å². The quantitative estimate of drug-likeness (QED) is 0.476. The highest BCUT2D eigenvalue weighted by Gasteiger charge is 1.35. The van der Waals surface area contributed by atoms with Crippen molar-refractivity contribution in [2.24, 2.45) is 0 Å². The molecule has 8 heavy (non-hydrogen) atoms. The standard InChI is InChI=1S/C3H8.C2H6O.CH3B/c1-3-2;1-2-3;1-2/h3H2,1-2H3;3H,2H2,1H3;1H3. The predicted octanol–water partition coefficient (Wildman–Crippen LogP) is 1.62. The molecule has 0 saturated heterocycles. The van der Waals surface area contributed by atoms with Crippen molar-refractivity contribution >= 4 is 7.85 Å². The van der Waals surface area contributed by atoms with Gasteiger partial charge in [-0.05, 0) is 6.92 Å². The van der Waals surface area contributed by atoms with Gasteiger partial charge in [-0.1, -0.05) is 27.1 Å². The SMILES string of the molecule is CCC.CCO.[B]C. The third-order valence-corrected chi connectivity index (χ3v) is 0. The van der Waals surface area contributed by atoms with Gasteiger partial charge >= 0.3 is 0 Å². The first-order valence-electron chi connectivity index (χ1n) is 3.01. The minimum atomic E-state index is 0.250. The van der Waals surface area contributed by atoms with E-state index in [0.29, 0.717) is 0 Å². The van der Waals surface area contributed by atoms with Crippen molar-refractivity contribution in [3.05, 3.63) is 0 Å². The molecular weight excluding hydrogens is 98.9 g/mol. The average molecular weight is 116 g/mol. The van der Waals surface area contributed by atoms with Crippen LogP contribution in [0.1, 0.15) is 27.2 Å². The molecule has 1 N–H and O–H groups in total. The lowest BCUT2D eigenvalue weighted by Crippen LogP contribution is -1.57. The van der Waals surface area contributed by atoms with Gasteiger partial charge in [0.2, 0.25) is 0 Å². The molecule has 2 radical (unpaired) electrons. The lowest BCUT2D eigenvalue weighted by molar-refractivity contribution is 0.318. The van der Waals surface area contributed by atoms with E-state index < -0.39 is 0 Å². The van der Waals surface area contributed by atoms with Crippen LogP contribution < -0.4 is 0 Å². The van der Waals surface area contributed by atoms with E-state index in [1.54, 1.807) is 6.92 Å². The zero-order chi connectivity index (χ0) is 7.41. The van der Waals surface area contributed by atoms with Crippen LogP contribution in [0.4, 0.5) is 0 Å². The highest BCUT2D eigenvalue weighted by molar-refractivity contribution is 6.05. The van der Waals surface area contributed by atoms with Gasteiger partial charge in [0.25, 0.3) is 0 Å². The Bertz CT molecular complexity index is 10.5. The van der Waals surface area contributed by atoms with E-state index in [2.05, 4.69) is 21.7 Å². The third-order valence-electron chi connectivity index (χ3n) is 0. The molecule has 2 heteroatoms. The normalized spacial score (nSPS) is 5.12. The minimum absolute atomic E-state index is 0.250. The molecule has 0 aliphatic rings. The van der Waals surface area contributed by atoms with E-state index in [9.17, 15) is 0 Å². The van der Waals surface area contributed by atoms with Gasteiger partial charge in [-0.2, -0.15) is 0 Å². The Kier molecular flexibility index (Phi) is 122. The molecule has 0 aliphatic carbocycles.